The molecule has 1 aromatic rings. The topological polar surface area (TPSA) is 77.2 Å². The average Bonchev–Trinajstić information content (AvgIpc) is 2.45. The van der Waals surface area contributed by atoms with Crippen LogP contribution in [0.4, 0.5) is 13.2 Å². The number of amides is 1. The van der Waals surface area contributed by atoms with Gasteiger partial charge in [-0.05, 0) is 25.0 Å². The standard InChI is InChI=1S/C13H16F3N3O2/c14-13(15,16)8-1-3-10(18-5-8)6-19-12(20)11-4-2-9(17)7-21-11/h1,3,5,9,11H,2,4,6-7,17H2,(H,19,20)/t9-,11+/m0/s1. The Morgan fingerprint density at radius 3 is 2.71 bits per heavy atom. The van der Waals surface area contributed by atoms with Crippen molar-refractivity contribution in [1.82, 2.24) is 10.3 Å². The first-order valence-electron chi connectivity index (χ1n) is 6.53. The third kappa shape index (κ3) is 4.40. The molecule has 0 bridgehead atoms. The quantitative estimate of drug-likeness (QED) is 0.880. The highest BCUT2D eigenvalue weighted by molar-refractivity contribution is 5.80. The molecule has 0 spiro atoms. The van der Waals surface area contributed by atoms with Crippen molar-refractivity contribution in [2.45, 2.75) is 37.7 Å². The lowest BCUT2D eigenvalue weighted by atomic mass is 10.1. The van der Waals surface area contributed by atoms with E-state index in [0.717, 1.165) is 12.3 Å². The molecule has 8 heteroatoms. The van der Waals surface area contributed by atoms with Crippen molar-refractivity contribution >= 4 is 5.91 Å². The SMILES string of the molecule is N[C@H]1CC[C@H](C(=O)NCc2ccc(C(F)(F)F)cn2)OC1. The van der Waals surface area contributed by atoms with Crippen LogP contribution in [0.3, 0.4) is 0 Å². The van der Waals surface area contributed by atoms with Crippen LogP contribution >= 0.6 is 0 Å². The first-order valence-corrected chi connectivity index (χ1v) is 6.53. The maximum Gasteiger partial charge on any atom is 0.417 e. The van der Waals surface area contributed by atoms with E-state index < -0.39 is 17.8 Å². The number of nitrogens with zero attached hydrogens (tertiary/aromatic N) is 1. The van der Waals surface area contributed by atoms with Crippen molar-refractivity contribution in [2.24, 2.45) is 5.73 Å². The van der Waals surface area contributed by atoms with Crippen LogP contribution in [-0.2, 0) is 22.3 Å². The van der Waals surface area contributed by atoms with Gasteiger partial charge in [0.1, 0.15) is 6.10 Å². The molecule has 1 saturated heterocycles. The first kappa shape index (κ1) is 15.7. The lowest BCUT2D eigenvalue weighted by molar-refractivity contribution is -0.138. The summed E-state index contributed by atoms with van der Waals surface area (Å²) in [4.78, 5) is 15.5. The molecule has 2 rings (SSSR count). The van der Waals surface area contributed by atoms with Crippen LogP contribution in [0.1, 0.15) is 24.1 Å². The van der Waals surface area contributed by atoms with Gasteiger partial charge in [-0.15, -0.1) is 0 Å². The first-order chi connectivity index (χ1) is 9.86. The van der Waals surface area contributed by atoms with Gasteiger partial charge in [0.25, 0.3) is 0 Å². The van der Waals surface area contributed by atoms with Gasteiger partial charge in [-0.3, -0.25) is 9.78 Å². The molecule has 116 valence electrons. The van der Waals surface area contributed by atoms with Gasteiger partial charge in [-0.2, -0.15) is 13.2 Å². The number of ether oxygens (including phenoxy) is 1. The number of rotatable bonds is 3. The molecule has 0 radical (unpaired) electrons. The fraction of sp³-hybridized carbons (Fsp3) is 0.538. The molecule has 1 aliphatic rings. The highest BCUT2D eigenvalue weighted by atomic mass is 19.4. The Balaban J connectivity index is 1.84. The Morgan fingerprint density at radius 2 is 2.19 bits per heavy atom. The molecule has 3 N–H and O–H groups in total. The number of nitrogens with one attached hydrogen (secondary N) is 1. The Kier molecular flexibility index (Phi) is 4.79. The molecule has 21 heavy (non-hydrogen) atoms. The van der Waals surface area contributed by atoms with Gasteiger partial charge in [0, 0.05) is 12.2 Å². The molecule has 1 aromatic heterocycles. The van der Waals surface area contributed by atoms with E-state index >= 15 is 0 Å². The highest BCUT2D eigenvalue weighted by Crippen LogP contribution is 2.28. The van der Waals surface area contributed by atoms with Crippen LogP contribution in [0.15, 0.2) is 18.3 Å². The lowest BCUT2D eigenvalue weighted by Crippen LogP contribution is -2.43. The maximum absolute atomic E-state index is 12.4. The van der Waals surface area contributed by atoms with Gasteiger partial charge in [0.15, 0.2) is 0 Å². The smallest absolute Gasteiger partial charge is 0.367 e. The summed E-state index contributed by atoms with van der Waals surface area (Å²) in [6.07, 6.45) is -2.98. The van der Waals surface area contributed by atoms with Crippen LogP contribution < -0.4 is 11.1 Å². The molecule has 0 saturated carbocycles. The summed E-state index contributed by atoms with van der Waals surface area (Å²) in [5.74, 6) is -0.302. The largest absolute Gasteiger partial charge is 0.417 e. The van der Waals surface area contributed by atoms with Crippen LogP contribution in [0.5, 0.6) is 0 Å². The Hall–Kier alpha value is -1.67. The second-order valence-corrected chi connectivity index (χ2v) is 4.91. The third-order valence-corrected chi connectivity index (χ3v) is 3.20. The van der Waals surface area contributed by atoms with E-state index in [-0.39, 0.29) is 18.5 Å². The summed E-state index contributed by atoms with van der Waals surface area (Å²) in [6.45, 7) is 0.388. The van der Waals surface area contributed by atoms with Gasteiger partial charge in [0.05, 0.1) is 24.4 Å². The Morgan fingerprint density at radius 1 is 1.43 bits per heavy atom. The van der Waals surface area contributed by atoms with Crippen molar-refractivity contribution in [1.29, 1.82) is 0 Å². The number of pyridine rings is 1. The molecular weight excluding hydrogens is 287 g/mol. The number of aromatic nitrogens is 1. The highest BCUT2D eigenvalue weighted by Gasteiger charge is 2.30. The third-order valence-electron chi connectivity index (χ3n) is 3.20. The number of alkyl halides is 3. The summed E-state index contributed by atoms with van der Waals surface area (Å²) in [6, 6.07) is 2.12. The molecule has 0 aromatic carbocycles. The van der Waals surface area contributed by atoms with Crippen LogP contribution in [0.2, 0.25) is 0 Å². The molecule has 5 nitrogen and oxygen atoms in total. The normalized spacial score (nSPS) is 22.9. The van der Waals surface area contributed by atoms with Gasteiger partial charge >= 0.3 is 6.18 Å². The van der Waals surface area contributed by atoms with E-state index in [2.05, 4.69) is 10.3 Å². The minimum atomic E-state index is -4.41. The van der Waals surface area contributed by atoms with Crippen LogP contribution in [0.25, 0.3) is 0 Å². The lowest BCUT2D eigenvalue weighted by Gasteiger charge is -2.25. The average molecular weight is 303 g/mol. The van der Waals surface area contributed by atoms with E-state index in [1.165, 1.54) is 6.07 Å². The zero-order valence-electron chi connectivity index (χ0n) is 11.2. The Labute approximate surface area is 119 Å². The summed E-state index contributed by atoms with van der Waals surface area (Å²) in [5.41, 5.74) is 5.19. The number of carbonyl (C=O) groups is 1. The molecule has 1 aliphatic heterocycles. The monoisotopic (exact) mass is 303 g/mol. The van der Waals surface area contributed by atoms with Gasteiger partial charge in [0.2, 0.25) is 5.91 Å². The van der Waals surface area contributed by atoms with E-state index in [0.29, 0.717) is 25.1 Å². The summed E-state index contributed by atoms with van der Waals surface area (Å²) >= 11 is 0. The minimum Gasteiger partial charge on any atom is -0.367 e. The van der Waals surface area contributed by atoms with Gasteiger partial charge in [-0.25, -0.2) is 0 Å². The van der Waals surface area contributed by atoms with Crippen molar-refractivity contribution in [3.63, 3.8) is 0 Å². The summed E-state index contributed by atoms with van der Waals surface area (Å²) in [7, 11) is 0. The minimum absolute atomic E-state index is 0.0503. The van der Waals surface area contributed by atoms with Crippen molar-refractivity contribution in [2.75, 3.05) is 6.61 Å². The predicted octanol–water partition coefficient (Wildman–Crippen LogP) is 1.22. The number of hydrogen-bond donors (Lipinski definition) is 2. The second kappa shape index (κ2) is 6.40. The molecule has 2 heterocycles. The van der Waals surface area contributed by atoms with E-state index in [9.17, 15) is 18.0 Å². The Bertz CT molecular complexity index is 482. The van der Waals surface area contributed by atoms with Gasteiger partial charge < -0.3 is 15.8 Å². The van der Waals surface area contributed by atoms with Crippen LogP contribution in [-0.4, -0.2) is 29.6 Å². The zero-order chi connectivity index (χ0) is 15.5. The summed E-state index contributed by atoms with van der Waals surface area (Å²) < 4.78 is 42.4. The fourth-order valence-corrected chi connectivity index (χ4v) is 1.97. The van der Waals surface area contributed by atoms with Gasteiger partial charge in [-0.1, -0.05) is 0 Å². The van der Waals surface area contributed by atoms with Crippen LogP contribution in [0, 0.1) is 0 Å². The molecule has 0 unspecified atom stereocenters. The number of halogens is 3. The van der Waals surface area contributed by atoms with E-state index in [1.807, 2.05) is 0 Å². The van der Waals surface area contributed by atoms with Crippen molar-refractivity contribution in [3.8, 4) is 0 Å². The van der Waals surface area contributed by atoms with Crippen molar-refractivity contribution < 1.29 is 22.7 Å². The fourth-order valence-electron chi connectivity index (χ4n) is 1.97. The maximum atomic E-state index is 12.4. The van der Waals surface area contributed by atoms with E-state index in [4.69, 9.17) is 10.5 Å². The predicted molar refractivity (Wildman–Crippen MR) is 68.0 cm³/mol. The zero-order valence-corrected chi connectivity index (χ0v) is 11.2. The number of carbonyl (C=O) groups excluding carboxylic acids is 1. The molecule has 2 atom stereocenters. The molecule has 1 fully saturated rings. The number of hydrogen-bond acceptors (Lipinski definition) is 4. The van der Waals surface area contributed by atoms with E-state index in [1.54, 1.807) is 0 Å². The summed E-state index contributed by atoms with van der Waals surface area (Å²) in [5, 5.41) is 2.59. The second-order valence-electron chi connectivity index (χ2n) is 4.91. The van der Waals surface area contributed by atoms with Crippen molar-refractivity contribution in [3.05, 3.63) is 29.6 Å². The molecule has 1 amide bonds. The number of nitrogens with two attached hydrogens (primary N) is 1. The molecular formula is C13H16F3N3O2. The molecule has 0 aliphatic carbocycles.